The zero-order valence-corrected chi connectivity index (χ0v) is 9.82. The molecular weight excluding hydrogens is 188 g/mol. The van der Waals surface area contributed by atoms with Crippen LogP contribution in [0.2, 0.25) is 0 Å². The first-order chi connectivity index (χ1) is 7.20. The second-order valence-electron chi connectivity index (χ2n) is 4.64. The van der Waals surface area contributed by atoms with Crippen molar-refractivity contribution >= 4 is 5.96 Å². The third kappa shape index (κ3) is 2.62. The molecule has 0 radical (unpaired) electrons. The number of nitrogens with two attached hydrogens (primary N) is 1. The maximum Gasteiger partial charge on any atom is 0.191 e. The molecule has 0 aromatic carbocycles. The minimum atomic E-state index is 0.532. The van der Waals surface area contributed by atoms with E-state index in [4.69, 9.17) is 5.73 Å². The molecule has 0 amide bonds. The second kappa shape index (κ2) is 4.39. The first-order valence-corrected chi connectivity index (χ1v) is 6.03. The van der Waals surface area contributed by atoms with Crippen molar-refractivity contribution in [3.8, 4) is 0 Å². The summed E-state index contributed by atoms with van der Waals surface area (Å²) in [5.74, 6) is 0.764. The fourth-order valence-corrected chi connectivity index (χ4v) is 2.15. The SMILES string of the molecule is CCN1CCN(C(N)=NC2CC2)CC1C. The van der Waals surface area contributed by atoms with E-state index in [0.717, 1.165) is 32.1 Å². The monoisotopic (exact) mass is 210 g/mol. The van der Waals surface area contributed by atoms with Crippen LogP contribution < -0.4 is 5.73 Å². The van der Waals surface area contributed by atoms with Crippen LogP contribution in [0.25, 0.3) is 0 Å². The maximum absolute atomic E-state index is 6.00. The predicted octanol–water partition coefficient (Wildman–Crippen LogP) is 0.490. The lowest BCUT2D eigenvalue weighted by Crippen LogP contribution is -2.55. The largest absolute Gasteiger partial charge is 0.370 e. The van der Waals surface area contributed by atoms with Crippen molar-refractivity contribution in [2.75, 3.05) is 26.2 Å². The molecule has 2 N–H and O–H groups in total. The number of likely N-dealkylation sites (N-methyl/N-ethyl adjacent to an activating group) is 1. The van der Waals surface area contributed by atoms with Gasteiger partial charge in [-0.25, -0.2) is 4.99 Å². The van der Waals surface area contributed by atoms with Gasteiger partial charge in [0.2, 0.25) is 0 Å². The molecule has 1 aliphatic carbocycles. The molecule has 1 unspecified atom stereocenters. The Labute approximate surface area is 92.1 Å². The van der Waals surface area contributed by atoms with Gasteiger partial charge in [0.05, 0.1) is 6.04 Å². The van der Waals surface area contributed by atoms with Crippen LogP contribution in [0.15, 0.2) is 4.99 Å². The molecule has 0 aromatic rings. The minimum absolute atomic E-state index is 0.532. The maximum atomic E-state index is 6.00. The smallest absolute Gasteiger partial charge is 0.191 e. The Hall–Kier alpha value is -0.770. The van der Waals surface area contributed by atoms with Crippen molar-refractivity contribution in [1.82, 2.24) is 9.80 Å². The molecule has 2 rings (SSSR count). The second-order valence-corrected chi connectivity index (χ2v) is 4.64. The minimum Gasteiger partial charge on any atom is -0.370 e. The predicted molar refractivity (Wildman–Crippen MR) is 62.9 cm³/mol. The van der Waals surface area contributed by atoms with Gasteiger partial charge in [-0.05, 0) is 26.3 Å². The van der Waals surface area contributed by atoms with Gasteiger partial charge < -0.3 is 10.6 Å². The number of hydrogen-bond acceptors (Lipinski definition) is 2. The van der Waals surface area contributed by atoms with Crippen molar-refractivity contribution in [3.63, 3.8) is 0 Å². The van der Waals surface area contributed by atoms with Crippen LogP contribution in [0.3, 0.4) is 0 Å². The lowest BCUT2D eigenvalue weighted by molar-refractivity contribution is 0.128. The van der Waals surface area contributed by atoms with Gasteiger partial charge >= 0.3 is 0 Å². The highest BCUT2D eigenvalue weighted by atomic mass is 15.3. The van der Waals surface area contributed by atoms with Crippen LogP contribution in [0.5, 0.6) is 0 Å². The van der Waals surface area contributed by atoms with E-state index in [9.17, 15) is 0 Å². The molecule has 4 heteroatoms. The summed E-state index contributed by atoms with van der Waals surface area (Å²) in [7, 11) is 0. The van der Waals surface area contributed by atoms with Gasteiger partial charge in [0.1, 0.15) is 0 Å². The first-order valence-electron chi connectivity index (χ1n) is 6.03. The molecule has 0 spiro atoms. The molecule has 86 valence electrons. The van der Waals surface area contributed by atoms with E-state index in [1.165, 1.54) is 12.8 Å². The van der Waals surface area contributed by atoms with Gasteiger partial charge in [-0.15, -0.1) is 0 Å². The van der Waals surface area contributed by atoms with E-state index in [1.807, 2.05) is 0 Å². The Morgan fingerprint density at radius 1 is 1.40 bits per heavy atom. The molecule has 1 atom stereocenters. The van der Waals surface area contributed by atoms with Gasteiger partial charge in [-0.3, -0.25) is 4.90 Å². The van der Waals surface area contributed by atoms with Crippen LogP contribution in [-0.2, 0) is 0 Å². The zero-order chi connectivity index (χ0) is 10.8. The fraction of sp³-hybridized carbons (Fsp3) is 0.909. The van der Waals surface area contributed by atoms with E-state index in [1.54, 1.807) is 0 Å². The van der Waals surface area contributed by atoms with Gasteiger partial charge in [0.15, 0.2) is 5.96 Å². The van der Waals surface area contributed by atoms with Crippen molar-refractivity contribution in [1.29, 1.82) is 0 Å². The number of rotatable bonds is 2. The highest BCUT2D eigenvalue weighted by molar-refractivity contribution is 5.78. The quantitative estimate of drug-likeness (QED) is 0.533. The van der Waals surface area contributed by atoms with Crippen LogP contribution in [0.4, 0.5) is 0 Å². The topological polar surface area (TPSA) is 44.9 Å². The van der Waals surface area contributed by atoms with E-state index in [0.29, 0.717) is 12.1 Å². The molecule has 1 saturated heterocycles. The molecule has 4 nitrogen and oxygen atoms in total. The number of aliphatic imine (C=N–C) groups is 1. The lowest BCUT2D eigenvalue weighted by Gasteiger charge is -2.39. The molecule has 15 heavy (non-hydrogen) atoms. The molecule has 2 fully saturated rings. The Morgan fingerprint density at radius 3 is 2.67 bits per heavy atom. The van der Waals surface area contributed by atoms with Crippen LogP contribution in [0.1, 0.15) is 26.7 Å². The molecule has 2 aliphatic rings. The fourth-order valence-electron chi connectivity index (χ4n) is 2.15. The normalized spacial score (nSPS) is 29.6. The number of nitrogens with zero attached hydrogens (tertiary/aromatic N) is 3. The van der Waals surface area contributed by atoms with Crippen molar-refractivity contribution in [3.05, 3.63) is 0 Å². The third-order valence-corrected chi connectivity index (χ3v) is 3.36. The number of piperazine rings is 1. The Morgan fingerprint density at radius 2 is 2.13 bits per heavy atom. The highest BCUT2D eigenvalue weighted by Crippen LogP contribution is 2.23. The number of guanidine groups is 1. The average Bonchev–Trinajstić information content (AvgIpc) is 3.01. The Balaban J connectivity index is 1.89. The highest BCUT2D eigenvalue weighted by Gasteiger charge is 2.26. The van der Waals surface area contributed by atoms with Crippen LogP contribution >= 0.6 is 0 Å². The molecular formula is C11H22N4. The zero-order valence-electron chi connectivity index (χ0n) is 9.82. The van der Waals surface area contributed by atoms with Gasteiger partial charge in [0, 0.05) is 25.7 Å². The van der Waals surface area contributed by atoms with Crippen molar-refractivity contribution < 1.29 is 0 Å². The standard InChI is InChI=1S/C11H22N4/c1-3-14-6-7-15(8-9(14)2)11(12)13-10-4-5-10/h9-10H,3-8H2,1-2H3,(H2,12,13). The molecule has 1 aliphatic heterocycles. The lowest BCUT2D eigenvalue weighted by atomic mass is 10.2. The summed E-state index contributed by atoms with van der Waals surface area (Å²) in [6.07, 6.45) is 2.45. The Kier molecular flexibility index (Phi) is 3.14. The van der Waals surface area contributed by atoms with E-state index >= 15 is 0 Å². The van der Waals surface area contributed by atoms with Crippen LogP contribution in [0, 0.1) is 0 Å². The summed E-state index contributed by atoms with van der Waals surface area (Å²) in [6.45, 7) is 8.78. The van der Waals surface area contributed by atoms with Crippen LogP contribution in [-0.4, -0.2) is 54.0 Å². The summed E-state index contributed by atoms with van der Waals surface area (Å²) >= 11 is 0. The average molecular weight is 210 g/mol. The van der Waals surface area contributed by atoms with E-state index in [2.05, 4.69) is 28.6 Å². The summed E-state index contributed by atoms with van der Waals surface area (Å²) in [5, 5.41) is 0. The molecule has 1 heterocycles. The van der Waals surface area contributed by atoms with Gasteiger partial charge in [0.25, 0.3) is 0 Å². The molecule has 1 saturated carbocycles. The summed E-state index contributed by atoms with van der Waals surface area (Å²) < 4.78 is 0. The van der Waals surface area contributed by atoms with Crippen molar-refractivity contribution in [2.45, 2.75) is 38.8 Å². The molecule has 0 aromatic heterocycles. The van der Waals surface area contributed by atoms with Gasteiger partial charge in [-0.2, -0.15) is 0 Å². The summed E-state index contributed by atoms with van der Waals surface area (Å²) in [6, 6.07) is 1.13. The first kappa shape index (κ1) is 10.7. The number of hydrogen-bond donors (Lipinski definition) is 1. The Bertz CT molecular complexity index is 247. The van der Waals surface area contributed by atoms with Crippen molar-refractivity contribution in [2.24, 2.45) is 10.7 Å². The molecule has 0 bridgehead atoms. The summed E-state index contributed by atoms with van der Waals surface area (Å²) in [5.41, 5.74) is 6.00. The summed E-state index contributed by atoms with van der Waals surface area (Å²) in [4.78, 5) is 9.22. The van der Waals surface area contributed by atoms with E-state index < -0.39 is 0 Å². The third-order valence-electron chi connectivity index (χ3n) is 3.36. The van der Waals surface area contributed by atoms with E-state index in [-0.39, 0.29) is 0 Å². The van der Waals surface area contributed by atoms with Gasteiger partial charge in [-0.1, -0.05) is 6.92 Å².